The number of hydrogen-bond donors (Lipinski definition) is 2. The van der Waals surface area contributed by atoms with Gasteiger partial charge >= 0.3 is 0 Å². The Hall–Kier alpha value is -0.520. The molecule has 0 amide bonds. The largest absolute Gasteiger partial charge is 0.390 e. The van der Waals surface area contributed by atoms with E-state index in [9.17, 15) is 5.11 Å². The minimum Gasteiger partial charge on any atom is -0.390 e. The van der Waals surface area contributed by atoms with Crippen molar-refractivity contribution in [2.75, 3.05) is 18.6 Å². The molecule has 1 heterocycles. The minimum atomic E-state index is -0.380. The fourth-order valence-corrected chi connectivity index (χ4v) is 1.95. The van der Waals surface area contributed by atoms with E-state index in [1.54, 1.807) is 22.6 Å². The van der Waals surface area contributed by atoms with Crippen molar-refractivity contribution < 1.29 is 5.11 Å². The molecule has 0 saturated heterocycles. The summed E-state index contributed by atoms with van der Waals surface area (Å²) < 4.78 is 1.74. The third-order valence-corrected chi connectivity index (χ3v) is 2.91. The summed E-state index contributed by atoms with van der Waals surface area (Å²) in [6, 6.07) is 2.29. The van der Waals surface area contributed by atoms with Crippen LogP contribution >= 0.6 is 11.8 Å². The van der Waals surface area contributed by atoms with E-state index in [0.29, 0.717) is 19.1 Å². The van der Waals surface area contributed by atoms with Crippen molar-refractivity contribution in [2.45, 2.75) is 25.6 Å². The molecule has 1 aromatic heterocycles. The molecule has 0 radical (unpaired) electrons. The lowest BCUT2D eigenvalue weighted by molar-refractivity contribution is 0.144. The van der Waals surface area contributed by atoms with Gasteiger partial charge in [-0.15, -0.1) is 0 Å². The maximum Gasteiger partial charge on any atom is 0.0860 e. The Morgan fingerprint density at radius 1 is 1.60 bits per heavy atom. The summed E-state index contributed by atoms with van der Waals surface area (Å²) in [5.41, 5.74) is 0. The van der Waals surface area contributed by atoms with Crippen LogP contribution in [0.4, 0.5) is 0 Å². The summed E-state index contributed by atoms with van der Waals surface area (Å²) in [5.74, 6) is 1.06. The van der Waals surface area contributed by atoms with Crippen molar-refractivity contribution >= 4 is 11.8 Å². The molecule has 0 aliphatic rings. The number of aliphatic hydroxyl groups is 1. The summed E-state index contributed by atoms with van der Waals surface area (Å²) in [7, 11) is 0. The van der Waals surface area contributed by atoms with Crippen molar-refractivity contribution in [1.29, 1.82) is 0 Å². The second-order valence-electron chi connectivity index (χ2n) is 3.65. The maximum absolute atomic E-state index is 9.71. The van der Waals surface area contributed by atoms with E-state index in [1.807, 2.05) is 12.3 Å². The molecule has 4 nitrogen and oxygen atoms in total. The molecular weight excluding hydrogens is 210 g/mol. The van der Waals surface area contributed by atoms with Crippen LogP contribution in [-0.4, -0.2) is 45.6 Å². The van der Waals surface area contributed by atoms with Crippen molar-refractivity contribution in [3.05, 3.63) is 18.5 Å². The second kappa shape index (κ2) is 6.87. The summed E-state index contributed by atoms with van der Waals surface area (Å²) in [4.78, 5) is 0. The first-order valence-electron chi connectivity index (χ1n) is 5.10. The Balaban J connectivity index is 2.16. The number of thioether (sulfide) groups is 1. The molecule has 5 heteroatoms. The van der Waals surface area contributed by atoms with Gasteiger partial charge in [0, 0.05) is 30.7 Å². The normalized spacial score (nSPS) is 15.1. The predicted molar refractivity (Wildman–Crippen MR) is 64.1 cm³/mol. The standard InChI is InChI=1S/C10H19N3OS/c1-9(8-15-2)11-6-10(14)7-13-5-3-4-12-13/h3-5,9-11,14H,6-8H2,1-2H3. The zero-order chi connectivity index (χ0) is 11.1. The first-order chi connectivity index (χ1) is 7.22. The Labute approximate surface area is 95.1 Å². The molecule has 15 heavy (non-hydrogen) atoms. The Kier molecular flexibility index (Phi) is 5.75. The van der Waals surface area contributed by atoms with E-state index in [4.69, 9.17) is 0 Å². The van der Waals surface area contributed by atoms with Gasteiger partial charge in [0.25, 0.3) is 0 Å². The van der Waals surface area contributed by atoms with Crippen LogP contribution in [0.5, 0.6) is 0 Å². The van der Waals surface area contributed by atoms with Gasteiger partial charge in [0.2, 0.25) is 0 Å². The maximum atomic E-state index is 9.71. The summed E-state index contributed by atoms with van der Waals surface area (Å²) in [6.45, 7) is 3.28. The molecule has 2 unspecified atom stereocenters. The first kappa shape index (κ1) is 12.5. The molecule has 0 bridgehead atoms. The van der Waals surface area contributed by atoms with Gasteiger partial charge in [0.1, 0.15) is 0 Å². The fraction of sp³-hybridized carbons (Fsp3) is 0.700. The summed E-state index contributed by atoms with van der Waals surface area (Å²) >= 11 is 1.81. The monoisotopic (exact) mass is 229 g/mol. The highest BCUT2D eigenvalue weighted by atomic mass is 32.2. The lowest BCUT2D eigenvalue weighted by Crippen LogP contribution is -2.37. The zero-order valence-corrected chi connectivity index (χ0v) is 10.1. The Morgan fingerprint density at radius 3 is 3.00 bits per heavy atom. The molecule has 0 fully saturated rings. The molecule has 0 aliphatic carbocycles. The van der Waals surface area contributed by atoms with Gasteiger partial charge in [-0.25, -0.2) is 0 Å². The van der Waals surface area contributed by atoms with E-state index in [1.165, 1.54) is 0 Å². The topological polar surface area (TPSA) is 50.1 Å². The second-order valence-corrected chi connectivity index (χ2v) is 4.56. The molecule has 0 aromatic carbocycles. The van der Waals surface area contributed by atoms with Crippen LogP contribution in [0, 0.1) is 0 Å². The summed E-state index contributed by atoms with van der Waals surface area (Å²) in [5, 5.41) is 17.0. The molecule has 0 saturated carbocycles. The average molecular weight is 229 g/mol. The predicted octanol–water partition coefficient (Wildman–Crippen LogP) is 0.585. The van der Waals surface area contributed by atoms with Gasteiger partial charge < -0.3 is 10.4 Å². The summed E-state index contributed by atoms with van der Waals surface area (Å²) in [6.07, 6.45) is 5.28. The molecule has 86 valence electrons. The molecular formula is C10H19N3OS. The van der Waals surface area contributed by atoms with E-state index in [-0.39, 0.29) is 6.10 Å². The van der Waals surface area contributed by atoms with Gasteiger partial charge in [-0.3, -0.25) is 4.68 Å². The van der Waals surface area contributed by atoms with Crippen LogP contribution in [0.1, 0.15) is 6.92 Å². The van der Waals surface area contributed by atoms with Crippen molar-refractivity contribution in [2.24, 2.45) is 0 Å². The number of aromatic nitrogens is 2. The van der Waals surface area contributed by atoms with Gasteiger partial charge in [-0.05, 0) is 19.2 Å². The average Bonchev–Trinajstić information content (AvgIpc) is 2.68. The van der Waals surface area contributed by atoms with E-state index in [0.717, 1.165) is 5.75 Å². The third-order valence-electron chi connectivity index (χ3n) is 2.08. The minimum absolute atomic E-state index is 0.380. The van der Waals surface area contributed by atoms with Crippen molar-refractivity contribution in [1.82, 2.24) is 15.1 Å². The number of aliphatic hydroxyl groups excluding tert-OH is 1. The first-order valence-corrected chi connectivity index (χ1v) is 6.49. The van der Waals surface area contributed by atoms with Crippen LogP contribution in [0.2, 0.25) is 0 Å². The van der Waals surface area contributed by atoms with Gasteiger partial charge in [-0.1, -0.05) is 0 Å². The van der Waals surface area contributed by atoms with Crippen LogP contribution in [0.25, 0.3) is 0 Å². The lowest BCUT2D eigenvalue weighted by atomic mass is 10.3. The Morgan fingerprint density at radius 2 is 2.40 bits per heavy atom. The third kappa shape index (κ3) is 5.20. The molecule has 2 N–H and O–H groups in total. The fourth-order valence-electron chi connectivity index (χ4n) is 1.34. The lowest BCUT2D eigenvalue weighted by Gasteiger charge is -2.16. The van der Waals surface area contributed by atoms with Crippen LogP contribution < -0.4 is 5.32 Å². The van der Waals surface area contributed by atoms with Crippen LogP contribution in [0.3, 0.4) is 0 Å². The highest BCUT2D eigenvalue weighted by molar-refractivity contribution is 7.98. The molecule has 1 rings (SSSR count). The van der Waals surface area contributed by atoms with Gasteiger partial charge in [-0.2, -0.15) is 16.9 Å². The molecule has 1 aromatic rings. The molecule has 0 aliphatic heterocycles. The van der Waals surface area contributed by atoms with Crippen molar-refractivity contribution in [3.8, 4) is 0 Å². The smallest absolute Gasteiger partial charge is 0.0860 e. The van der Waals surface area contributed by atoms with E-state index >= 15 is 0 Å². The SMILES string of the molecule is CSCC(C)NCC(O)Cn1cccn1. The number of rotatable bonds is 7. The quantitative estimate of drug-likeness (QED) is 0.718. The number of nitrogens with zero attached hydrogens (tertiary/aromatic N) is 2. The highest BCUT2D eigenvalue weighted by Gasteiger charge is 2.07. The zero-order valence-electron chi connectivity index (χ0n) is 9.26. The van der Waals surface area contributed by atoms with Crippen LogP contribution in [0.15, 0.2) is 18.5 Å². The van der Waals surface area contributed by atoms with Crippen molar-refractivity contribution in [3.63, 3.8) is 0 Å². The number of nitrogens with one attached hydrogen (secondary N) is 1. The van der Waals surface area contributed by atoms with Gasteiger partial charge in [0.05, 0.1) is 12.6 Å². The van der Waals surface area contributed by atoms with E-state index in [2.05, 4.69) is 23.6 Å². The van der Waals surface area contributed by atoms with Crippen LogP contribution in [-0.2, 0) is 6.54 Å². The molecule has 0 spiro atoms. The Bertz CT molecular complexity index is 253. The number of hydrogen-bond acceptors (Lipinski definition) is 4. The van der Waals surface area contributed by atoms with Gasteiger partial charge in [0.15, 0.2) is 0 Å². The van der Waals surface area contributed by atoms with E-state index < -0.39 is 0 Å². The molecule has 2 atom stereocenters. The highest BCUT2D eigenvalue weighted by Crippen LogP contribution is 1.96.